The molecule has 2 aliphatic rings. The van der Waals surface area contributed by atoms with Gasteiger partial charge in [0.05, 0.1) is 5.69 Å². The number of para-hydroxylation sites is 1. The van der Waals surface area contributed by atoms with Crippen molar-refractivity contribution in [1.82, 2.24) is 10.2 Å². The van der Waals surface area contributed by atoms with Gasteiger partial charge in [0.1, 0.15) is 12.1 Å². The molecule has 1 atom stereocenters. The Labute approximate surface area is 165 Å². The van der Waals surface area contributed by atoms with Crippen molar-refractivity contribution < 1.29 is 14.4 Å². The molecule has 0 radical (unpaired) electrons. The largest absolute Gasteiger partial charge is 0.325 e. The number of hydrogen-bond donors (Lipinski definition) is 2. The number of urea groups is 1. The summed E-state index contributed by atoms with van der Waals surface area (Å²) in [6, 6.07) is 14.3. The number of hydrogen-bond acceptors (Lipinski definition) is 3. The van der Waals surface area contributed by atoms with Crippen molar-refractivity contribution >= 4 is 39.5 Å². The molecule has 0 saturated carbocycles. The van der Waals surface area contributed by atoms with Gasteiger partial charge in [-0.3, -0.25) is 14.5 Å². The Morgan fingerprint density at radius 2 is 1.89 bits per heavy atom. The first-order chi connectivity index (χ1) is 13.0. The molecule has 1 aliphatic heterocycles. The summed E-state index contributed by atoms with van der Waals surface area (Å²) in [5, 5.41) is 5.58. The van der Waals surface area contributed by atoms with Gasteiger partial charge in [-0.15, -0.1) is 0 Å². The zero-order valence-electron chi connectivity index (χ0n) is 14.5. The van der Waals surface area contributed by atoms with E-state index in [2.05, 4.69) is 26.6 Å². The highest BCUT2D eigenvalue weighted by Crippen LogP contribution is 2.39. The Hall–Kier alpha value is -2.67. The number of aryl methyl sites for hydroxylation is 1. The number of nitrogens with one attached hydrogen (secondary N) is 2. The van der Waals surface area contributed by atoms with Crippen LogP contribution in [0.4, 0.5) is 10.5 Å². The normalized spacial score (nSPS) is 21.1. The van der Waals surface area contributed by atoms with Gasteiger partial charge in [0.25, 0.3) is 5.91 Å². The van der Waals surface area contributed by atoms with Crippen LogP contribution >= 0.6 is 15.9 Å². The van der Waals surface area contributed by atoms with Crippen molar-refractivity contribution in [3.05, 3.63) is 64.1 Å². The van der Waals surface area contributed by atoms with E-state index in [9.17, 15) is 14.4 Å². The Morgan fingerprint density at radius 1 is 1.15 bits per heavy atom. The molecule has 27 heavy (non-hydrogen) atoms. The fourth-order valence-corrected chi connectivity index (χ4v) is 4.23. The van der Waals surface area contributed by atoms with Crippen LogP contribution in [0, 0.1) is 0 Å². The first-order valence-electron chi connectivity index (χ1n) is 8.78. The minimum absolute atomic E-state index is 0.323. The van der Waals surface area contributed by atoms with Crippen molar-refractivity contribution in [2.24, 2.45) is 0 Å². The van der Waals surface area contributed by atoms with Crippen molar-refractivity contribution in [2.75, 3.05) is 11.9 Å². The van der Waals surface area contributed by atoms with Crippen LogP contribution in [-0.2, 0) is 21.5 Å². The van der Waals surface area contributed by atoms with Crippen LogP contribution < -0.4 is 10.6 Å². The number of imide groups is 1. The summed E-state index contributed by atoms with van der Waals surface area (Å²) in [5.41, 5.74) is 1.44. The van der Waals surface area contributed by atoms with Gasteiger partial charge in [-0.1, -0.05) is 36.4 Å². The molecule has 1 aliphatic carbocycles. The van der Waals surface area contributed by atoms with E-state index in [0.29, 0.717) is 12.1 Å². The molecular formula is C20H18BrN3O3. The van der Waals surface area contributed by atoms with Crippen LogP contribution in [0.15, 0.2) is 53.0 Å². The predicted molar refractivity (Wildman–Crippen MR) is 104 cm³/mol. The summed E-state index contributed by atoms with van der Waals surface area (Å²) in [5.74, 6) is -0.784. The SMILES string of the molecule is O=C(CN1C(=O)N[C@]2(CCCc3ccccc32)C1=O)Nc1ccccc1Br. The average molecular weight is 428 g/mol. The lowest BCUT2D eigenvalue weighted by molar-refractivity contribution is -0.134. The van der Waals surface area contributed by atoms with Crippen LogP contribution in [0.2, 0.25) is 0 Å². The summed E-state index contributed by atoms with van der Waals surface area (Å²) >= 11 is 3.36. The first kappa shape index (κ1) is 17.7. The van der Waals surface area contributed by atoms with Crippen LogP contribution in [0.1, 0.15) is 24.0 Å². The maximum atomic E-state index is 13.2. The minimum atomic E-state index is -1.06. The van der Waals surface area contributed by atoms with Crippen LogP contribution in [0.3, 0.4) is 0 Å². The Kier molecular flexibility index (Phi) is 4.47. The standard InChI is InChI=1S/C20H18BrN3O3/c21-15-9-3-4-10-16(15)22-17(25)12-24-18(26)20(23-19(24)27)11-5-7-13-6-1-2-8-14(13)20/h1-4,6,8-10H,5,7,11-12H2,(H,22,25)(H,23,27)/t20-/m0/s1. The maximum Gasteiger partial charge on any atom is 0.325 e. The number of nitrogens with zero attached hydrogens (tertiary/aromatic N) is 1. The lowest BCUT2D eigenvalue weighted by atomic mass is 9.76. The molecule has 6 nitrogen and oxygen atoms in total. The van der Waals surface area contributed by atoms with Crippen molar-refractivity contribution in [2.45, 2.75) is 24.8 Å². The lowest BCUT2D eigenvalue weighted by Gasteiger charge is -2.33. The zero-order chi connectivity index (χ0) is 19.0. The van der Waals surface area contributed by atoms with Gasteiger partial charge >= 0.3 is 6.03 Å². The van der Waals surface area contributed by atoms with E-state index >= 15 is 0 Å². The van der Waals surface area contributed by atoms with E-state index in [-0.39, 0.29) is 12.5 Å². The number of carbonyl (C=O) groups excluding carboxylic acids is 3. The van der Waals surface area contributed by atoms with Gasteiger partial charge < -0.3 is 10.6 Å². The van der Waals surface area contributed by atoms with Gasteiger partial charge in [-0.05, 0) is 58.5 Å². The highest BCUT2D eigenvalue weighted by Gasteiger charge is 2.54. The van der Waals surface area contributed by atoms with E-state index in [1.807, 2.05) is 30.3 Å². The number of benzene rings is 2. The Bertz CT molecular complexity index is 946. The topological polar surface area (TPSA) is 78.5 Å². The summed E-state index contributed by atoms with van der Waals surface area (Å²) in [6.45, 7) is -0.323. The number of rotatable bonds is 3. The van der Waals surface area contributed by atoms with Crippen molar-refractivity contribution in [1.29, 1.82) is 0 Å². The summed E-state index contributed by atoms with van der Waals surface area (Å²) < 4.78 is 0.730. The quantitative estimate of drug-likeness (QED) is 0.738. The smallest absolute Gasteiger partial charge is 0.324 e. The van der Waals surface area contributed by atoms with E-state index in [0.717, 1.165) is 33.3 Å². The summed E-state index contributed by atoms with van der Waals surface area (Å²) in [4.78, 5) is 39.1. The number of halogens is 1. The van der Waals surface area contributed by atoms with Gasteiger partial charge in [0.15, 0.2) is 0 Å². The monoisotopic (exact) mass is 427 g/mol. The highest BCUT2D eigenvalue weighted by atomic mass is 79.9. The maximum absolute atomic E-state index is 13.2. The molecule has 2 aromatic carbocycles. The molecule has 0 bridgehead atoms. The zero-order valence-corrected chi connectivity index (χ0v) is 16.1. The molecule has 0 unspecified atom stereocenters. The molecule has 0 aromatic heterocycles. The summed E-state index contributed by atoms with van der Waals surface area (Å²) in [6.07, 6.45) is 2.22. The average Bonchev–Trinajstić information content (AvgIpc) is 2.89. The van der Waals surface area contributed by atoms with Gasteiger partial charge in [-0.25, -0.2) is 4.79 Å². The third kappa shape index (κ3) is 3.02. The molecule has 2 N–H and O–H groups in total. The van der Waals surface area contributed by atoms with E-state index in [1.165, 1.54) is 0 Å². The van der Waals surface area contributed by atoms with E-state index in [1.54, 1.807) is 18.2 Å². The lowest BCUT2D eigenvalue weighted by Crippen LogP contribution is -2.47. The third-order valence-corrected chi connectivity index (χ3v) is 5.79. The molecule has 1 spiro atoms. The second kappa shape index (κ2) is 6.81. The fourth-order valence-electron chi connectivity index (χ4n) is 3.85. The third-order valence-electron chi connectivity index (χ3n) is 5.10. The fraction of sp³-hybridized carbons (Fsp3) is 0.250. The van der Waals surface area contributed by atoms with Gasteiger partial charge in [0, 0.05) is 4.47 Å². The molecular weight excluding hydrogens is 410 g/mol. The molecule has 2 aromatic rings. The predicted octanol–water partition coefficient (Wildman–Crippen LogP) is 3.17. The molecule has 138 valence electrons. The van der Waals surface area contributed by atoms with Crippen LogP contribution in [0.5, 0.6) is 0 Å². The van der Waals surface area contributed by atoms with E-state index in [4.69, 9.17) is 0 Å². The summed E-state index contributed by atoms with van der Waals surface area (Å²) in [7, 11) is 0. The molecule has 4 rings (SSSR count). The Morgan fingerprint density at radius 3 is 2.70 bits per heavy atom. The first-order valence-corrected chi connectivity index (χ1v) is 9.57. The molecule has 7 heteroatoms. The van der Waals surface area contributed by atoms with Crippen molar-refractivity contribution in [3.8, 4) is 0 Å². The number of fused-ring (bicyclic) bond motifs is 2. The van der Waals surface area contributed by atoms with Crippen LogP contribution in [-0.4, -0.2) is 29.3 Å². The number of anilines is 1. The molecule has 4 amide bonds. The minimum Gasteiger partial charge on any atom is -0.324 e. The van der Waals surface area contributed by atoms with Crippen molar-refractivity contribution in [3.63, 3.8) is 0 Å². The highest BCUT2D eigenvalue weighted by molar-refractivity contribution is 9.10. The Balaban J connectivity index is 1.56. The number of amides is 4. The molecule has 1 fully saturated rings. The second-order valence-electron chi connectivity index (χ2n) is 6.77. The molecule has 1 saturated heterocycles. The van der Waals surface area contributed by atoms with Crippen LogP contribution in [0.25, 0.3) is 0 Å². The molecule has 1 heterocycles. The van der Waals surface area contributed by atoms with Gasteiger partial charge in [0.2, 0.25) is 5.91 Å². The van der Waals surface area contributed by atoms with E-state index < -0.39 is 17.5 Å². The second-order valence-corrected chi connectivity index (χ2v) is 7.62. The number of carbonyl (C=O) groups is 3. The van der Waals surface area contributed by atoms with Gasteiger partial charge in [-0.2, -0.15) is 0 Å².